The molecular weight excluding hydrogens is 527 g/mol. The number of hydrogen-bond donors (Lipinski definition) is 3. The number of halogens is 1. The summed E-state index contributed by atoms with van der Waals surface area (Å²) in [5, 5.41) is 30.7. The van der Waals surface area contributed by atoms with Crippen LogP contribution in [-0.2, 0) is 14.3 Å². The number of amides is 1. The molecule has 0 spiro atoms. The zero-order chi connectivity index (χ0) is 23.5. The second-order valence-corrected chi connectivity index (χ2v) is 7.90. The van der Waals surface area contributed by atoms with Crippen LogP contribution < -0.4 is 5.32 Å². The molecule has 0 heterocycles. The molecular formula is C23H23IN2O6. The minimum Gasteiger partial charge on any atom is -0.508 e. The Kier molecular flexibility index (Phi) is 9.97. The number of phenolic OH excluding ortho intramolecular Hbond substituents is 1. The fourth-order valence-corrected chi connectivity index (χ4v) is 3.48. The van der Waals surface area contributed by atoms with Crippen LogP contribution in [0.4, 0.5) is 10.5 Å². The summed E-state index contributed by atoms with van der Waals surface area (Å²) in [7, 11) is 0. The molecule has 8 nitrogen and oxygen atoms in total. The Labute approximate surface area is 199 Å². The van der Waals surface area contributed by atoms with Crippen molar-refractivity contribution < 1.29 is 29.3 Å². The van der Waals surface area contributed by atoms with Gasteiger partial charge in [0.15, 0.2) is 6.10 Å². The number of hydrogen-bond acceptors (Lipinski definition) is 6. The second kappa shape index (κ2) is 12.7. The highest BCUT2D eigenvalue weighted by Crippen LogP contribution is 2.34. The average molecular weight is 550 g/mol. The summed E-state index contributed by atoms with van der Waals surface area (Å²) in [4.78, 5) is 23.4. The zero-order valence-corrected chi connectivity index (χ0v) is 19.5. The van der Waals surface area contributed by atoms with Gasteiger partial charge in [0.25, 0.3) is 0 Å². The molecule has 0 unspecified atom stereocenters. The van der Waals surface area contributed by atoms with Crippen molar-refractivity contribution in [1.29, 1.82) is 5.26 Å². The lowest BCUT2D eigenvalue weighted by Gasteiger charge is -2.28. The van der Waals surface area contributed by atoms with E-state index in [4.69, 9.17) is 19.8 Å². The first kappa shape index (κ1) is 25.2. The maximum Gasteiger partial charge on any atom is 0.412 e. The second-order valence-electron chi connectivity index (χ2n) is 6.65. The number of aromatic hydroxyl groups is 1. The number of carboxylic acids is 1. The number of carboxylic acid groups (broad SMARTS) is 1. The SMILES string of the molecule is CCO[C@@H](CC/C=C/C(=O)O)[C@@H](OC(=O)Nc1ccc(C#N)cc1)c1cc(I)ccc1O. The molecule has 0 aliphatic carbocycles. The van der Waals surface area contributed by atoms with E-state index in [0.717, 1.165) is 9.65 Å². The van der Waals surface area contributed by atoms with Crippen molar-refractivity contribution in [2.24, 2.45) is 0 Å². The first-order valence-corrected chi connectivity index (χ1v) is 10.9. The van der Waals surface area contributed by atoms with Crippen LogP contribution in [0.25, 0.3) is 0 Å². The van der Waals surface area contributed by atoms with Crippen LogP contribution in [0.3, 0.4) is 0 Å². The largest absolute Gasteiger partial charge is 0.508 e. The van der Waals surface area contributed by atoms with Crippen molar-refractivity contribution in [3.05, 3.63) is 69.3 Å². The van der Waals surface area contributed by atoms with E-state index in [1.807, 2.05) is 6.07 Å². The molecule has 0 aliphatic heterocycles. The molecule has 9 heteroatoms. The van der Waals surface area contributed by atoms with E-state index in [-0.39, 0.29) is 5.75 Å². The van der Waals surface area contributed by atoms with E-state index >= 15 is 0 Å². The van der Waals surface area contributed by atoms with Crippen molar-refractivity contribution in [2.75, 3.05) is 11.9 Å². The smallest absolute Gasteiger partial charge is 0.412 e. The first-order valence-electron chi connectivity index (χ1n) is 9.81. The van der Waals surface area contributed by atoms with Gasteiger partial charge in [-0.25, -0.2) is 9.59 Å². The maximum atomic E-state index is 12.6. The number of phenols is 1. The van der Waals surface area contributed by atoms with Crippen LogP contribution in [0.5, 0.6) is 5.75 Å². The minimum absolute atomic E-state index is 0.0487. The van der Waals surface area contributed by atoms with Gasteiger partial charge in [-0.2, -0.15) is 5.26 Å². The van der Waals surface area contributed by atoms with E-state index in [1.165, 1.54) is 12.1 Å². The maximum absolute atomic E-state index is 12.6. The van der Waals surface area contributed by atoms with Gasteiger partial charge < -0.3 is 19.7 Å². The number of allylic oxidation sites excluding steroid dienone is 1. The summed E-state index contributed by atoms with van der Waals surface area (Å²) in [6.07, 6.45) is 0.936. The number of nitrogens with zero attached hydrogens (tertiary/aromatic N) is 1. The Balaban J connectivity index is 2.27. The third kappa shape index (κ3) is 7.86. The number of carbonyl (C=O) groups is 2. The van der Waals surface area contributed by atoms with Crippen LogP contribution in [0.2, 0.25) is 0 Å². The molecule has 0 aliphatic rings. The third-order valence-electron chi connectivity index (χ3n) is 4.39. The summed E-state index contributed by atoms with van der Waals surface area (Å²) < 4.78 is 12.3. The van der Waals surface area contributed by atoms with Crippen LogP contribution in [0.1, 0.15) is 37.0 Å². The summed E-state index contributed by atoms with van der Waals surface area (Å²) in [5.41, 5.74) is 1.28. The van der Waals surface area contributed by atoms with E-state index in [1.54, 1.807) is 43.3 Å². The van der Waals surface area contributed by atoms with E-state index in [0.29, 0.717) is 36.3 Å². The first-order chi connectivity index (χ1) is 15.3. The Hall–Kier alpha value is -3.10. The highest BCUT2D eigenvalue weighted by Gasteiger charge is 2.30. The summed E-state index contributed by atoms with van der Waals surface area (Å²) in [6, 6.07) is 13.2. The molecule has 2 aromatic rings. The summed E-state index contributed by atoms with van der Waals surface area (Å²) in [6.45, 7) is 2.12. The van der Waals surface area contributed by atoms with E-state index in [9.17, 15) is 14.7 Å². The molecule has 2 rings (SSSR count). The molecule has 2 aromatic carbocycles. The van der Waals surface area contributed by atoms with Crippen LogP contribution >= 0.6 is 22.6 Å². The molecule has 32 heavy (non-hydrogen) atoms. The quantitative estimate of drug-likeness (QED) is 0.281. The molecule has 1 amide bonds. The van der Waals surface area contributed by atoms with Gasteiger partial charge in [-0.15, -0.1) is 0 Å². The number of ether oxygens (including phenoxy) is 2. The van der Waals surface area contributed by atoms with Crippen LogP contribution in [0, 0.1) is 14.9 Å². The van der Waals surface area contributed by atoms with Gasteiger partial charge in [0.05, 0.1) is 17.7 Å². The van der Waals surface area contributed by atoms with Gasteiger partial charge in [0, 0.05) is 27.5 Å². The van der Waals surface area contributed by atoms with Gasteiger partial charge in [-0.3, -0.25) is 5.32 Å². The van der Waals surface area contributed by atoms with Gasteiger partial charge in [0.2, 0.25) is 0 Å². The lowest BCUT2D eigenvalue weighted by atomic mass is 9.99. The monoisotopic (exact) mass is 550 g/mol. The number of nitriles is 1. The van der Waals surface area contributed by atoms with E-state index in [2.05, 4.69) is 27.9 Å². The Morgan fingerprint density at radius 1 is 1.25 bits per heavy atom. The normalized spacial score (nSPS) is 12.7. The molecule has 168 valence electrons. The van der Waals surface area contributed by atoms with Gasteiger partial charge in [-0.05, 0) is 84.8 Å². The Morgan fingerprint density at radius 2 is 1.97 bits per heavy atom. The topological polar surface area (TPSA) is 129 Å². The van der Waals surface area contributed by atoms with Gasteiger partial charge in [-0.1, -0.05) is 6.08 Å². The highest BCUT2D eigenvalue weighted by atomic mass is 127. The van der Waals surface area contributed by atoms with Crippen LogP contribution in [0.15, 0.2) is 54.6 Å². The molecule has 0 radical (unpaired) electrons. The number of anilines is 1. The van der Waals surface area contributed by atoms with Crippen molar-refractivity contribution in [1.82, 2.24) is 0 Å². The fourth-order valence-electron chi connectivity index (χ4n) is 2.96. The Morgan fingerprint density at radius 3 is 2.59 bits per heavy atom. The van der Waals surface area contributed by atoms with Gasteiger partial charge in [0.1, 0.15) is 5.75 Å². The number of aliphatic carboxylic acids is 1. The molecule has 0 aromatic heterocycles. The summed E-state index contributed by atoms with van der Waals surface area (Å²) in [5.74, 6) is -1.10. The summed E-state index contributed by atoms with van der Waals surface area (Å²) >= 11 is 2.09. The number of benzene rings is 2. The molecule has 3 N–H and O–H groups in total. The zero-order valence-electron chi connectivity index (χ0n) is 17.3. The lowest BCUT2D eigenvalue weighted by Crippen LogP contribution is -2.29. The Bertz CT molecular complexity index is 1000. The molecule has 2 atom stereocenters. The third-order valence-corrected chi connectivity index (χ3v) is 5.06. The lowest BCUT2D eigenvalue weighted by molar-refractivity contribution is -0.131. The minimum atomic E-state index is -1.05. The van der Waals surface area contributed by atoms with E-state index < -0.39 is 24.3 Å². The highest BCUT2D eigenvalue weighted by molar-refractivity contribution is 14.1. The molecule has 0 fully saturated rings. The number of nitrogens with one attached hydrogen (secondary N) is 1. The standard InChI is InChI=1S/C23H23IN2O6/c1-2-31-20(5-3-4-6-21(28)29)22(18-13-16(24)9-12-19(18)27)32-23(30)26-17-10-7-15(14-25)8-11-17/h4,6-13,20,22,27H,2-3,5H2,1H3,(H,26,30)(H,28,29)/b6-4+/t20-,22-/m0/s1. The molecule has 0 bridgehead atoms. The fraction of sp³-hybridized carbons (Fsp3) is 0.261. The molecule has 0 saturated heterocycles. The molecule has 0 saturated carbocycles. The van der Waals surface area contributed by atoms with Crippen molar-refractivity contribution >= 4 is 40.3 Å². The van der Waals surface area contributed by atoms with Crippen molar-refractivity contribution in [2.45, 2.75) is 32.0 Å². The van der Waals surface area contributed by atoms with Crippen molar-refractivity contribution in [3.8, 4) is 11.8 Å². The predicted molar refractivity (Wildman–Crippen MR) is 126 cm³/mol. The number of rotatable bonds is 10. The number of carbonyl (C=O) groups excluding carboxylic acids is 1. The predicted octanol–water partition coefficient (Wildman–Crippen LogP) is 4.98. The van der Waals surface area contributed by atoms with Gasteiger partial charge >= 0.3 is 12.1 Å². The average Bonchev–Trinajstić information content (AvgIpc) is 2.76. The van der Waals surface area contributed by atoms with Crippen LogP contribution in [-0.4, -0.2) is 35.0 Å². The van der Waals surface area contributed by atoms with Crippen molar-refractivity contribution in [3.63, 3.8) is 0 Å².